The van der Waals surface area contributed by atoms with Gasteiger partial charge in [-0.25, -0.2) is 17.6 Å². The lowest BCUT2D eigenvalue weighted by atomic mass is 10.1. The van der Waals surface area contributed by atoms with Gasteiger partial charge in [-0.05, 0) is 42.5 Å². The van der Waals surface area contributed by atoms with Crippen molar-refractivity contribution in [1.82, 2.24) is 0 Å². The lowest BCUT2D eigenvalue weighted by molar-refractivity contribution is 0.0474. The van der Waals surface area contributed by atoms with E-state index in [-0.39, 0.29) is 16.9 Å². The zero-order valence-electron chi connectivity index (χ0n) is 13.8. The van der Waals surface area contributed by atoms with Gasteiger partial charge in [0, 0.05) is 0 Å². The third kappa shape index (κ3) is 4.64. The number of ketones is 1. The maximum absolute atomic E-state index is 13.3. The molecule has 0 N–H and O–H groups in total. The van der Waals surface area contributed by atoms with Crippen molar-refractivity contribution in [2.75, 3.05) is 13.7 Å². The fraction of sp³-hybridized carbons (Fsp3) is 0.176. The van der Waals surface area contributed by atoms with Crippen LogP contribution >= 0.6 is 0 Å². The molecule has 0 aliphatic rings. The number of rotatable bonds is 7. The van der Waals surface area contributed by atoms with Crippen molar-refractivity contribution in [3.63, 3.8) is 0 Å². The molecule has 27 heavy (non-hydrogen) atoms. The van der Waals surface area contributed by atoms with Crippen LogP contribution in [0, 0.1) is 5.82 Å². The first-order chi connectivity index (χ1) is 12.7. The normalized spacial score (nSPS) is 11.3. The van der Waals surface area contributed by atoms with Crippen molar-refractivity contribution >= 4 is 21.6 Å². The summed E-state index contributed by atoms with van der Waals surface area (Å²) in [6.07, 6.45) is 0. The molecule has 2 rings (SSSR count). The number of halogens is 3. The minimum absolute atomic E-state index is 0.0963. The summed E-state index contributed by atoms with van der Waals surface area (Å²) in [6, 6.07) is 6.88. The first-order valence-electron chi connectivity index (χ1n) is 7.32. The number of hydrogen-bond acceptors (Lipinski definition) is 6. The second-order valence-electron chi connectivity index (χ2n) is 5.17. The predicted octanol–water partition coefficient (Wildman–Crippen LogP) is 2.87. The van der Waals surface area contributed by atoms with Crippen LogP contribution in [0.4, 0.5) is 13.2 Å². The van der Waals surface area contributed by atoms with Crippen LogP contribution in [0.2, 0.25) is 0 Å². The van der Waals surface area contributed by atoms with Crippen LogP contribution in [0.25, 0.3) is 0 Å². The third-order valence-electron chi connectivity index (χ3n) is 3.45. The molecule has 10 heteroatoms. The summed E-state index contributed by atoms with van der Waals surface area (Å²) < 4.78 is 70.6. The Balaban J connectivity index is 2.08. The molecule has 0 saturated heterocycles. The van der Waals surface area contributed by atoms with Gasteiger partial charge in [0.1, 0.15) is 11.6 Å². The Morgan fingerprint density at radius 1 is 1.07 bits per heavy atom. The van der Waals surface area contributed by atoms with Crippen LogP contribution in [0.5, 0.6) is 5.75 Å². The molecule has 0 heterocycles. The lowest BCUT2D eigenvalue weighted by Crippen LogP contribution is -2.16. The number of ether oxygens (including phenoxy) is 2. The van der Waals surface area contributed by atoms with Gasteiger partial charge in [0.25, 0.3) is 0 Å². The Bertz CT molecular complexity index is 955. The molecular formula is C17H13F3O6S. The Labute approximate surface area is 152 Å². The van der Waals surface area contributed by atoms with Gasteiger partial charge in [0.15, 0.2) is 6.61 Å². The maximum Gasteiger partial charge on any atom is 0.341 e. The average Bonchev–Trinajstić information content (AvgIpc) is 2.65. The van der Waals surface area contributed by atoms with E-state index in [1.165, 1.54) is 13.2 Å². The van der Waals surface area contributed by atoms with Gasteiger partial charge in [-0.1, -0.05) is 0 Å². The van der Waals surface area contributed by atoms with E-state index in [0.717, 1.165) is 36.4 Å². The van der Waals surface area contributed by atoms with Crippen molar-refractivity contribution in [3.05, 3.63) is 59.4 Å². The molecule has 0 radical (unpaired) electrons. The highest BCUT2D eigenvalue weighted by Gasteiger charge is 2.26. The first kappa shape index (κ1) is 20.4. The van der Waals surface area contributed by atoms with E-state index in [1.807, 2.05) is 0 Å². The summed E-state index contributed by atoms with van der Waals surface area (Å²) in [6.45, 7) is -0.726. The van der Waals surface area contributed by atoms with E-state index in [9.17, 15) is 31.2 Å². The van der Waals surface area contributed by atoms with E-state index < -0.39 is 44.7 Å². The van der Waals surface area contributed by atoms with Crippen LogP contribution in [0.3, 0.4) is 0 Å². The molecule has 0 aliphatic heterocycles. The summed E-state index contributed by atoms with van der Waals surface area (Å²) in [7, 11) is -3.50. The van der Waals surface area contributed by atoms with Crippen molar-refractivity contribution in [2.45, 2.75) is 10.7 Å². The molecule has 0 bridgehead atoms. The topological polar surface area (TPSA) is 86.7 Å². The quantitative estimate of drug-likeness (QED) is 0.523. The van der Waals surface area contributed by atoms with Crippen LogP contribution in [-0.2, 0) is 14.6 Å². The van der Waals surface area contributed by atoms with Gasteiger partial charge in [0.2, 0.25) is 15.6 Å². The number of methoxy groups -OCH3 is 1. The summed E-state index contributed by atoms with van der Waals surface area (Å²) in [4.78, 5) is 23.3. The number of esters is 1. The molecule has 144 valence electrons. The van der Waals surface area contributed by atoms with Crippen LogP contribution in [-0.4, -0.2) is 39.6 Å². The van der Waals surface area contributed by atoms with Crippen molar-refractivity contribution in [2.24, 2.45) is 0 Å². The molecule has 2 aromatic carbocycles. The third-order valence-corrected chi connectivity index (χ3v) is 4.85. The summed E-state index contributed by atoms with van der Waals surface area (Å²) in [5.41, 5.74) is -0.272. The van der Waals surface area contributed by atoms with Gasteiger partial charge in [-0.15, -0.1) is 0 Å². The minimum atomic E-state index is -4.78. The zero-order valence-corrected chi connectivity index (χ0v) is 14.6. The van der Waals surface area contributed by atoms with Gasteiger partial charge in [-0.3, -0.25) is 4.79 Å². The van der Waals surface area contributed by atoms with Gasteiger partial charge in [-0.2, -0.15) is 8.78 Å². The number of carbonyl (C=O) groups excluding carboxylic acids is 2. The number of benzene rings is 2. The number of Topliss-reactive ketones (excluding diaryl/α,β-unsaturated/α-hetero) is 1. The number of carbonyl (C=O) groups is 2. The smallest absolute Gasteiger partial charge is 0.341 e. The molecule has 0 aliphatic carbocycles. The molecule has 0 spiro atoms. The fourth-order valence-electron chi connectivity index (χ4n) is 2.07. The van der Waals surface area contributed by atoms with Crippen LogP contribution in [0.1, 0.15) is 20.7 Å². The molecule has 0 unspecified atom stereocenters. The number of sulfone groups is 1. The number of alkyl halides is 2. The molecule has 6 nitrogen and oxygen atoms in total. The number of hydrogen-bond donors (Lipinski definition) is 0. The Morgan fingerprint density at radius 2 is 1.70 bits per heavy atom. The lowest BCUT2D eigenvalue weighted by Gasteiger charge is -2.09. The van der Waals surface area contributed by atoms with Gasteiger partial charge in [0.05, 0.1) is 23.1 Å². The largest absolute Gasteiger partial charge is 0.496 e. The van der Waals surface area contributed by atoms with E-state index in [0.29, 0.717) is 0 Å². The molecule has 0 atom stereocenters. The summed E-state index contributed by atoms with van der Waals surface area (Å²) in [5.74, 6) is -5.88. The van der Waals surface area contributed by atoms with Crippen molar-refractivity contribution < 1.29 is 40.7 Å². The van der Waals surface area contributed by atoms with Crippen molar-refractivity contribution in [3.8, 4) is 5.75 Å². The van der Waals surface area contributed by atoms with Crippen LogP contribution < -0.4 is 4.74 Å². The van der Waals surface area contributed by atoms with E-state index in [2.05, 4.69) is 0 Å². The minimum Gasteiger partial charge on any atom is -0.496 e. The molecule has 2 aromatic rings. The molecule has 0 aromatic heterocycles. The Hall–Kier alpha value is -2.88. The molecular weight excluding hydrogens is 389 g/mol. The predicted molar refractivity (Wildman–Crippen MR) is 87.2 cm³/mol. The summed E-state index contributed by atoms with van der Waals surface area (Å²) in [5, 5.41) is 0. The Kier molecular flexibility index (Phi) is 6.21. The first-order valence-corrected chi connectivity index (χ1v) is 8.87. The maximum atomic E-state index is 13.3. The molecule has 0 fully saturated rings. The highest BCUT2D eigenvalue weighted by atomic mass is 32.2. The Morgan fingerprint density at radius 3 is 2.26 bits per heavy atom. The SMILES string of the molecule is COc1ccc(F)cc1C(=O)COC(=O)c1ccc(S(=O)(=O)C(F)F)cc1. The average molecular weight is 402 g/mol. The summed E-state index contributed by atoms with van der Waals surface area (Å²) >= 11 is 0. The second-order valence-corrected chi connectivity index (χ2v) is 7.09. The highest BCUT2D eigenvalue weighted by Crippen LogP contribution is 2.21. The van der Waals surface area contributed by atoms with Gasteiger partial charge >= 0.3 is 11.7 Å². The van der Waals surface area contributed by atoms with Crippen LogP contribution in [0.15, 0.2) is 47.4 Å². The van der Waals surface area contributed by atoms with E-state index in [4.69, 9.17) is 9.47 Å². The monoisotopic (exact) mass is 402 g/mol. The standard InChI is InChI=1S/C17H13F3O6S/c1-25-15-7-4-11(18)8-13(15)14(21)9-26-16(22)10-2-5-12(6-3-10)27(23,24)17(19)20/h2-8,17H,9H2,1H3. The molecule has 0 amide bonds. The fourth-order valence-corrected chi connectivity index (χ4v) is 2.80. The zero-order chi connectivity index (χ0) is 20.2. The second kappa shape index (κ2) is 8.21. The van der Waals surface area contributed by atoms with E-state index >= 15 is 0 Å². The highest BCUT2D eigenvalue weighted by molar-refractivity contribution is 7.91. The van der Waals surface area contributed by atoms with E-state index in [1.54, 1.807) is 0 Å². The van der Waals surface area contributed by atoms with Gasteiger partial charge < -0.3 is 9.47 Å². The molecule has 0 saturated carbocycles. The van der Waals surface area contributed by atoms with Crippen molar-refractivity contribution in [1.29, 1.82) is 0 Å².